The summed E-state index contributed by atoms with van der Waals surface area (Å²) in [6.07, 6.45) is 8.98. The lowest BCUT2D eigenvalue weighted by Crippen LogP contribution is -2.48. The summed E-state index contributed by atoms with van der Waals surface area (Å²) >= 11 is 6.51. The van der Waals surface area contributed by atoms with E-state index in [4.69, 9.17) is 22.1 Å². The number of nitrogens with two attached hydrogens (primary N) is 1. The number of halogens is 1. The van der Waals surface area contributed by atoms with Gasteiger partial charge in [0.25, 0.3) is 0 Å². The lowest BCUT2D eigenvalue weighted by molar-refractivity contribution is -0.121. The predicted molar refractivity (Wildman–Crippen MR) is 126 cm³/mol. The molecule has 2 aromatic heterocycles. The lowest BCUT2D eigenvalue weighted by atomic mass is 9.98. The number of imidazole rings is 1. The first kappa shape index (κ1) is 21.4. The summed E-state index contributed by atoms with van der Waals surface area (Å²) in [6, 6.07) is 7.94. The van der Waals surface area contributed by atoms with Crippen LogP contribution < -0.4 is 11.1 Å². The molecule has 1 aliphatic heterocycles. The van der Waals surface area contributed by atoms with Gasteiger partial charge in [-0.25, -0.2) is 9.97 Å². The van der Waals surface area contributed by atoms with Gasteiger partial charge in [-0.3, -0.25) is 4.79 Å². The average Bonchev–Trinajstić information content (AvgIpc) is 3.43. The number of ether oxygens (including phenoxy) is 1. The molecule has 8 heteroatoms. The molecule has 3 N–H and O–H groups in total. The van der Waals surface area contributed by atoms with Crippen LogP contribution in [0.5, 0.6) is 0 Å². The van der Waals surface area contributed by atoms with E-state index in [0.29, 0.717) is 29.6 Å². The topological polar surface area (TPSA) is 95.1 Å². The van der Waals surface area contributed by atoms with Gasteiger partial charge in [-0.15, -0.1) is 0 Å². The van der Waals surface area contributed by atoms with Gasteiger partial charge in [0.1, 0.15) is 5.82 Å². The molecule has 1 aliphatic carbocycles. The highest BCUT2D eigenvalue weighted by molar-refractivity contribution is 6.33. The largest absolute Gasteiger partial charge is 0.381 e. The lowest BCUT2D eigenvalue weighted by Gasteiger charge is -2.22. The van der Waals surface area contributed by atoms with Crippen LogP contribution in [0.4, 0.5) is 5.82 Å². The summed E-state index contributed by atoms with van der Waals surface area (Å²) in [5, 5.41) is 3.43. The molecule has 1 saturated heterocycles. The third-order valence-electron chi connectivity index (χ3n) is 6.77. The summed E-state index contributed by atoms with van der Waals surface area (Å²) in [5.74, 6) is 0.873. The number of anilines is 1. The van der Waals surface area contributed by atoms with Crippen LogP contribution in [0.2, 0.25) is 5.02 Å². The van der Waals surface area contributed by atoms with Crippen LogP contribution in [0.1, 0.15) is 38.5 Å². The summed E-state index contributed by atoms with van der Waals surface area (Å²) in [4.78, 5) is 21.6. The Balaban J connectivity index is 1.42. The van der Waals surface area contributed by atoms with Crippen molar-refractivity contribution in [1.82, 2.24) is 14.5 Å². The summed E-state index contributed by atoms with van der Waals surface area (Å²) in [6.45, 7) is 2.58. The number of nitrogens with one attached hydrogen (secondary N) is 1. The number of amides is 1. The molecular weight excluding hydrogens is 426 g/mol. The number of fused-ring (bicyclic) bond motifs is 1. The first-order valence-corrected chi connectivity index (χ1v) is 11.7. The molecule has 0 unspecified atom stereocenters. The monoisotopic (exact) mass is 453 g/mol. The van der Waals surface area contributed by atoms with Crippen molar-refractivity contribution in [3.05, 3.63) is 41.8 Å². The molecule has 2 fully saturated rings. The van der Waals surface area contributed by atoms with Gasteiger partial charge in [-0.05, 0) is 55.4 Å². The zero-order chi connectivity index (χ0) is 22.1. The SMILES string of the molecule is NC1(C(=O)Nc2cc(-c3ccc4ncn(CC5CCOCC5)c4c3)c(Cl)cn2)CCCC1. The van der Waals surface area contributed by atoms with Crippen LogP contribution in [0.15, 0.2) is 36.8 Å². The molecule has 3 heterocycles. The maximum Gasteiger partial charge on any atom is 0.245 e. The molecule has 0 radical (unpaired) electrons. The third-order valence-corrected chi connectivity index (χ3v) is 7.07. The summed E-state index contributed by atoms with van der Waals surface area (Å²) < 4.78 is 7.70. The smallest absolute Gasteiger partial charge is 0.245 e. The number of benzene rings is 1. The Kier molecular flexibility index (Phi) is 5.88. The fourth-order valence-electron chi connectivity index (χ4n) is 4.78. The van der Waals surface area contributed by atoms with Gasteiger partial charge < -0.3 is 20.4 Å². The Labute approximate surface area is 192 Å². The van der Waals surface area contributed by atoms with Gasteiger partial charge >= 0.3 is 0 Å². The second kappa shape index (κ2) is 8.81. The highest BCUT2D eigenvalue weighted by atomic mass is 35.5. The van der Waals surface area contributed by atoms with Crippen molar-refractivity contribution in [2.45, 2.75) is 50.6 Å². The maximum atomic E-state index is 12.7. The van der Waals surface area contributed by atoms with Crippen molar-refractivity contribution in [2.75, 3.05) is 18.5 Å². The number of rotatable bonds is 5. The highest BCUT2D eigenvalue weighted by Crippen LogP contribution is 2.33. The molecule has 2 aliphatic rings. The molecule has 168 valence electrons. The van der Waals surface area contributed by atoms with Crippen LogP contribution in [0, 0.1) is 5.92 Å². The second-order valence-corrected chi connectivity index (χ2v) is 9.43. The first-order chi connectivity index (χ1) is 15.5. The van der Waals surface area contributed by atoms with Crippen molar-refractivity contribution in [3.8, 4) is 11.1 Å². The molecule has 0 bridgehead atoms. The van der Waals surface area contributed by atoms with Crippen molar-refractivity contribution >= 4 is 34.4 Å². The molecule has 7 nitrogen and oxygen atoms in total. The van der Waals surface area contributed by atoms with Gasteiger partial charge in [0.05, 0.1) is 27.9 Å². The van der Waals surface area contributed by atoms with Gasteiger partial charge in [-0.2, -0.15) is 0 Å². The number of pyridine rings is 1. The Morgan fingerprint density at radius 3 is 2.78 bits per heavy atom. The molecule has 0 spiro atoms. The minimum Gasteiger partial charge on any atom is -0.381 e. The van der Waals surface area contributed by atoms with Crippen molar-refractivity contribution in [3.63, 3.8) is 0 Å². The van der Waals surface area contributed by atoms with E-state index >= 15 is 0 Å². The molecular formula is C24H28ClN5O2. The van der Waals surface area contributed by atoms with E-state index < -0.39 is 5.54 Å². The number of hydrogen-bond acceptors (Lipinski definition) is 5. The van der Waals surface area contributed by atoms with Crippen molar-refractivity contribution in [1.29, 1.82) is 0 Å². The quantitative estimate of drug-likeness (QED) is 0.597. The minimum atomic E-state index is -0.808. The normalized spacial score (nSPS) is 18.8. The number of hydrogen-bond donors (Lipinski definition) is 2. The van der Waals surface area contributed by atoms with Crippen LogP contribution in [-0.2, 0) is 16.1 Å². The number of nitrogens with zero attached hydrogens (tertiary/aromatic N) is 3. The van der Waals surface area contributed by atoms with E-state index in [1.807, 2.05) is 24.5 Å². The number of carbonyl (C=O) groups excluding carboxylic acids is 1. The van der Waals surface area contributed by atoms with E-state index in [0.717, 1.165) is 67.6 Å². The van der Waals surface area contributed by atoms with Crippen molar-refractivity contribution in [2.24, 2.45) is 11.7 Å². The van der Waals surface area contributed by atoms with E-state index in [2.05, 4.69) is 25.9 Å². The fraction of sp³-hybridized carbons (Fsp3) is 0.458. The molecule has 0 atom stereocenters. The number of aromatic nitrogens is 3. The standard InChI is InChI=1S/C24H28ClN5O2/c25-19-13-27-22(29-23(31)24(26)7-1-2-8-24)12-18(19)17-3-4-20-21(11-17)30(15-28-20)14-16-5-9-32-10-6-16/h3-4,11-13,15-16H,1-2,5-10,14,26H2,(H,27,29,31). The van der Waals surface area contributed by atoms with Gasteiger partial charge in [-0.1, -0.05) is 30.5 Å². The molecule has 32 heavy (non-hydrogen) atoms. The van der Waals surface area contributed by atoms with E-state index in [1.54, 1.807) is 6.20 Å². The van der Waals surface area contributed by atoms with Crippen LogP contribution in [0.25, 0.3) is 22.2 Å². The summed E-state index contributed by atoms with van der Waals surface area (Å²) in [5.41, 5.74) is 9.27. The Hall–Kier alpha value is -2.48. The highest BCUT2D eigenvalue weighted by Gasteiger charge is 2.37. The van der Waals surface area contributed by atoms with E-state index in [1.165, 1.54) is 0 Å². The molecule has 3 aromatic rings. The Morgan fingerprint density at radius 2 is 2.00 bits per heavy atom. The van der Waals surface area contributed by atoms with Crippen LogP contribution in [0.3, 0.4) is 0 Å². The summed E-state index contributed by atoms with van der Waals surface area (Å²) in [7, 11) is 0. The number of carbonyl (C=O) groups is 1. The van der Waals surface area contributed by atoms with Gasteiger partial charge in [0.15, 0.2) is 0 Å². The zero-order valence-electron chi connectivity index (χ0n) is 18.0. The first-order valence-electron chi connectivity index (χ1n) is 11.3. The van der Waals surface area contributed by atoms with E-state index in [9.17, 15) is 4.79 Å². The van der Waals surface area contributed by atoms with Crippen LogP contribution >= 0.6 is 11.6 Å². The predicted octanol–water partition coefficient (Wildman–Crippen LogP) is 4.39. The van der Waals surface area contributed by atoms with Crippen LogP contribution in [-0.4, -0.2) is 39.2 Å². The Morgan fingerprint density at radius 1 is 1.22 bits per heavy atom. The molecule has 1 aromatic carbocycles. The molecule has 1 saturated carbocycles. The zero-order valence-corrected chi connectivity index (χ0v) is 18.8. The van der Waals surface area contributed by atoms with E-state index in [-0.39, 0.29) is 5.91 Å². The third kappa shape index (κ3) is 4.25. The Bertz CT molecular complexity index is 1130. The maximum absolute atomic E-state index is 12.7. The molecule has 5 rings (SSSR count). The van der Waals surface area contributed by atoms with Gasteiger partial charge in [0, 0.05) is 31.5 Å². The fourth-order valence-corrected chi connectivity index (χ4v) is 4.99. The van der Waals surface area contributed by atoms with Crippen molar-refractivity contribution < 1.29 is 9.53 Å². The minimum absolute atomic E-state index is 0.180. The van der Waals surface area contributed by atoms with Gasteiger partial charge in [0.2, 0.25) is 5.91 Å². The average molecular weight is 454 g/mol. The molecule has 1 amide bonds. The second-order valence-electron chi connectivity index (χ2n) is 9.02.